The second-order valence-corrected chi connectivity index (χ2v) is 4.45. The maximum Gasteiger partial charge on any atom is 0.338 e. The lowest BCUT2D eigenvalue weighted by atomic mass is 10.00. The van der Waals surface area contributed by atoms with E-state index in [9.17, 15) is 20.1 Å². The van der Waals surface area contributed by atoms with Crippen molar-refractivity contribution >= 4 is 5.97 Å². The van der Waals surface area contributed by atoms with E-state index in [2.05, 4.69) is 0 Å². The molecular weight excluding hydrogens is 252 g/mol. The third-order valence-corrected chi connectivity index (χ3v) is 3.05. The fraction of sp³-hybridized carbons (Fsp3) is 0.462. The molecule has 3 N–H and O–H groups in total. The van der Waals surface area contributed by atoms with Crippen LogP contribution in [0, 0.1) is 0 Å². The number of carbonyl (C=O) groups excluding carboxylic acids is 1. The number of hydrogen-bond donors (Lipinski definition) is 3. The van der Waals surface area contributed by atoms with E-state index < -0.39 is 36.7 Å². The van der Waals surface area contributed by atoms with E-state index in [1.165, 1.54) is 0 Å². The minimum absolute atomic E-state index is 0.336. The standard InChI is InChI=1S/C13H16O6/c1-7-11(9(14)10(15)13(17)18-7)19-12(16)8-5-3-2-4-6-8/h2-7,9-11,13-15,17H,1H3/t7-,9-,10+,11-,13+/m1/s1. The molecule has 1 saturated heterocycles. The number of rotatable bonds is 2. The van der Waals surface area contributed by atoms with Crippen molar-refractivity contribution in [1.82, 2.24) is 0 Å². The lowest BCUT2D eigenvalue weighted by molar-refractivity contribution is -0.277. The quantitative estimate of drug-likeness (QED) is 0.636. The third-order valence-electron chi connectivity index (χ3n) is 3.05. The summed E-state index contributed by atoms with van der Waals surface area (Å²) in [5, 5.41) is 28.6. The topological polar surface area (TPSA) is 96.2 Å². The molecule has 19 heavy (non-hydrogen) atoms. The molecule has 0 saturated carbocycles. The molecule has 0 aliphatic carbocycles. The molecule has 104 valence electrons. The van der Waals surface area contributed by atoms with Gasteiger partial charge in [-0.1, -0.05) is 18.2 Å². The van der Waals surface area contributed by atoms with Gasteiger partial charge < -0.3 is 24.8 Å². The van der Waals surface area contributed by atoms with Gasteiger partial charge in [0, 0.05) is 0 Å². The molecule has 2 rings (SSSR count). The SMILES string of the molecule is C[C@H]1O[C@H](O)[C@@H](O)[C@@H](O)[C@@H]1OC(=O)c1ccccc1. The Morgan fingerprint density at radius 3 is 2.42 bits per heavy atom. The van der Waals surface area contributed by atoms with Crippen LogP contribution in [-0.2, 0) is 9.47 Å². The van der Waals surface area contributed by atoms with Crippen molar-refractivity contribution in [3.05, 3.63) is 35.9 Å². The summed E-state index contributed by atoms with van der Waals surface area (Å²) in [6.45, 7) is 1.54. The van der Waals surface area contributed by atoms with E-state index in [0.717, 1.165) is 0 Å². The average molecular weight is 268 g/mol. The third kappa shape index (κ3) is 2.93. The zero-order valence-corrected chi connectivity index (χ0v) is 10.3. The predicted octanol–water partition coefficient (Wildman–Crippen LogP) is -0.329. The monoisotopic (exact) mass is 268 g/mol. The summed E-state index contributed by atoms with van der Waals surface area (Å²) in [6.07, 6.45) is -6.15. The number of esters is 1. The van der Waals surface area contributed by atoms with E-state index in [-0.39, 0.29) is 0 Å². The highest BCUT2D eigenvalue weighted by molar-refractivity contribution is 5.89. The van der Waals surface area contributed by atoms with Crippen LogP contribution in [0.1, 0.15) is 17.3 Å². The number of hydrogen-bond acceptors (Lipinski definition) is 6. The largest absolute Gasteiger partial charge is 0.453 e. The molecule has 5 atom stereocenters. The van der Waals surface area contributed by atoms with Crippen LogP contribution >= 0.6 is 0 Å². The van der Waals surface area contributed by atoms with Gasteiger partial charge in [-0.2, -0.15) is 0 Å². The lowest BCUT2D eigenvalue weighted by Gasteiger charge is -2.38. The van der Waals surface area contributed by atoms with Crippen molar-refractivity contribution in [3.63, 3.8) is 0 Å². The first-order chi connectivity index (χ1) is 9.00. The first-order valence-electron chi connectivity index (χ1n) is 5.96. The molecule has 0 aromatic heterocycles. The fourth-order valence-corrected chi connectivity index (χ4v) is 1.95. The number of benzene rings is 1. The zero-order chi connectivity index (χ0) is 14.0. The van der Waals surface area contributed by atoms with Crippen molar-refractivity contribution < 1.29 is 29.6 Å². The average Bonchev–Trinajstić information content (AvgIpc) is 2.42. The Bertz CT molecular complexity index is 434. The Kier molecular flexibility index (Phi) is 4.16. The van der Waals surface area contributed by atoms with Crippen LogP contribution in [-0.4, -0.2) is 52.0 Å². The highest BCUT2D eigenvalue weighted by Gasteiger charge is 2.44. The molecule has 1 heterocycles. The minimum atomic E-state index is -1.51. The Balaban J connectivity index is 2.08. The van der Waals surface area contributed by atoms with E-state index in [1.54, 1.807) is 37.3 Å². The normalized spacial score (nSPS) is 34.8. The van der Waals surface area contributed by atoms with Gasteiger partial charge >= 0.3 is 5.97 Å². The van der Waals surface area contributed by atoms with Gasteiger partial charge in [0.25, 0.3) is 0 Å². The Labute approximate surface area is 110 Å². The highest BCUT2D eigenvalue weighted by Crippen LogP contribution is 2.23. The smallest absolute Gasteiger partial charge is 0.338 e. The Hall–Kier alpha value is -1.47. The van der Waals surface area contributed by atoms with Crippen LogP contribution in [0.25, 0.3) is 0 Å². The Morgan fingerprint density at radius 1 is 1.16 bits per heavy atom. The van der Waals surface area contributed by atoms with E-state index in [4.69, 9.17) is 9.47 Å². The van der Waals surface area contributed by atoms with Gasteiger partial charge in [-0.05, 0) is 19.1 Å². The summed E-state index contributed by atoms with van der Waals surface area (Å²) in [4.78, 5) is 11.9. The maximum absolute atomic E-state index is 11.9. The van der Waals surface area contributed by atoms with Gasteiger partial charge in [0.1, 0.15) is 12.2 Å². The molecule has 1 fully saturated rings. The first kappa shape index (κ1) is 14.0. The first-order valence-corrected chi connectivity index (χ1v) is 5.96. The zero-order valence-electron chi connectivity index (χ0n) is 10.3. The van der Waals surface area contributed by atoms with Crippen LogP contribution in [0.4, 0.5) is 0 Å². The van der Waals surface area contributed by atoms with Crippen molar-refractivity contribution in [2.75, 3.05) is 0 Å². The molecule has 0 unspecified atom stereocenters. The number of aliphatic hydroxyl groups is 3. The lowest BCUT2D eigenvalue weighted by Crippen LogP contribution is -2.57. The van der Waals surface area contributed by atoms with Gasteiger partial charge in [-0.3, -0.25) is 0 Å². The van der Waals surface area contributed by atoms with Crippen LogP contribution < -0.4 is 0 Å². The summed E-state index contributed by atoms with van der Waals surface area (Å²) >= 11 is 0. The van der Waals surface area contributed by atoms with Gasteiger partial charge in [0.05, 0.1) is 11.7 Å². The summed E-state index contributed by atoms with van der Waals surface area (Å²) < 4.78 is 10.1. The number of carbonyl (C=O) groups is 1. The second-order valence-electron chi connectivity index (χ2n) is 4.45. The fourth-order valence-electron chi connectivity index (χ4n) is 1.95. The molecule has 6 heteroatoms. The minimum Gasteiger partial charge on any atom is -0.453 e. The molecule has 0 radical (unpaired) electrons. The van der Waals surface area contributed by atoms with E-state index in [0.29, 0.717) is 5.56 Å². The van der Waals surface area contributed by atoms with E-state index in [1.807, 2.05) is 0 Å². The molecular formula is C13H16O6. The molecule has 1 aromatic carbocycles. The van der Waals surface area contributed by atoms with Gasteiger partial charge in [-0.15, -0.1) is 0 Å². The van der Waals surface area contributed by atoms with Crippen molar-refractivity contribution in [1.29, 1.82) is 0 Å². The molecule has 0 spiro atoms. The van der Waals surface area contributed by atoms with Crippen LogP contribution in [0.2, 0.25) is 0 Å². The van der Waals surface area contributed by atoms with Crippen LogP contribution in [0.5, 0.6) is 0 Å². The van der Waals surface area contributed by atoms with Crippen molar-refractivity contribution in [2.45, 2.75) is 37.6 Å². The predicted molar refractivity (Wildman–Crippen MR) is 64.2 cm³/mol. The summed E-state index contributed by atoms with van der Waals surface area (Å²) in [5.41, 5.74) is 0.336. The van der Waals surface area contributed by atoms with Gasteiger partial charge in [0.15, 0.2) is 12.4 Å². The molecule has 0 bridgehead atoms. The molecule has 6 nitrogen and oxygen atoms in total. The summed E-state index contributed by atoms with van der Waals surface area (Å²) in [7, 11) is 0. The maximum atomic E-state index is 11.9. The summed E-state index contributed by atoms with van der Waals surface area (Å²) in [5.74, 6) is -0.622. The van der Waals surface area contributed by atoms with Crippen molar-refractivity contribution in [2.24, 2.45) is 0 Å². The van der Waals surface area contributed by atoms with Crippen LogP contribution in [0.3, 0.4) is 0 Å². The molecule has 0 amide bonds. The van der Waals surface area contributed by atoms with Crippen LogP contribution in [0.15, 0.2) is 30.3 Å². The second kappa shape index (κ2) is 5.66. The highest BCUT2D eigenvalue weighted by atomic mass is 16.7. The molecule has 1 aliphatic rings. The number of ether oxygens (including phenoxy) is 2. The van der Waals surface area contributed by atoms with Gasteiger partial charge in [-0.25, -0.2) is 4.79 Å². The number of aliphatic hydroxyl groups excluding tert-OH is 3. The Morgan fingerprint density at radius 2 is 1.79 bits per heavy atom. The molecule has 1 aliphatic heterocycles. The van der Waals surface area contributed by atoms with Gasteiger partial charge in [0.2, 0.25) is 0 Å². The van der Waals surface area contributed by atoms with Crippen molar-refractivity contribution in [3.8, 4) is 0 Å². The summed E-state index contributed by atoms with van der Waals surface area (Å²) in [6, 6.07) is 8.29. The molecule has 1 aromatic rings. The van der Waals surface area contributed by atoms with E-state index >= 15 is 0 Å².